The first-order valence-corrected chi connectivity index (χ1v) is 28.9. The molecule has 0 saturated carbocycles. The Morgan fingerprint density at radius 2 is 0.728 bits per heavy atom. The standard InChI is InChI=1S/C56H98N12O13/c1-27(2)23-37(48(72)59-34(14)46(70)60-36(16)54(78)68-22-18-20-42(68)56(80)81)61-49(73)38(24-28(3)4)62-53(77)44(32(11)12)66-51(75)41-19-17-21-67(41)55(79)40(26-30(7)8)64-50(74)39(25-29(5)6)63-52(76)43(31(9)10)65-47(71)35(15)58-45(69)33(13)57/h27-44H,17-26,57H2,1-16H3,(H,58,69)(H,59,72)(H,60,70)(H,61,73)(H,62,77)(H,63,76)(H,64,74)(H,65,71)(H,66,75)(H,80,81)/t33-,34-,35-,36-,37-,38-,39-,40-,41-,42-,43-,44-/m0/s1. The Morgan fingerprint density at radius 3 is 1.14 bits per heavy atom. The van der Waals surface area contributed by atoms with E-state index in [1.54, 1.807) is 27.7 Å². The SMILES string of the molecule is CC(C)C[C@H](NC(=O)[C@H](CC(C)C)NC(=O)[C@@H](NC(=O)[C@@H]1CCCN1C(=O)[C@H](CC(C)C)NC(=O)[C@H](CC(C)C)NC(=O)[C@@H](NC(=O)[C@H](C)NC(=O)[C@H](C)N)C(C)C)C(C)C)C(=O)N[C@@H](C)C(=O)N[C@@H](C)C(=O)N1CCC[C@H]1C(=O)O. The number of carbonyl (C=O) groups is 12. The number of carboxylic acid groups (broad SMARTS) is 1. The molecule has 2 aliphatic heterocycles. The molecule has 0 aromatic carbocycles. The van der Waals surface area contributed by atoms with Crippen LogP contribution >= 0.6 is 0 Å². The first kappa shape index (κ1) is 70.7. The second kappa shape index (κ2) is 32.9. The summed E-state index contributed by atoms with van der Waals surface area (Å²) in [6.45, 7) is 27.8. The molecule has 0 aliphatic carbocycles. The maximum atomic E-state index is 14.6. The summed E-state index contributed by atoms with van der Waals surface area (Å²) in [7, 11) is 0. The van der Waals surface area contributed by atoms with Gasteiger partial charge in [0, 0.05) is 13.1 Å². The molecule has 2 heterocycles. The molecule has 25 heteroatoms. The van der Waals surface area contributed by atoms with Crippen molar-refractivity contribution in [1.82, 2.24) is 57.7 Å². The fraction of sp³-hybridized carbons (Fsp3) is 0.786. The predicted molar refractivity (Wildman–Crippen MR) is 303 cm³/mol. The normalized spacial score (nSPS) is 19.1. The number of amides is 11. The van der Waals surface area contributed by atoms with Crippen LogP contribution in [0.1, 0.15) is 162 Å². The molecule has 11 amide bonds. The Bertz CT molecular complexity index is 2220. The van der Waals surface area contributed by atoms with E-state index in [1.807, 2.05) is 55.4 Å². The molecule has 0 aromatic rings. The number of carbonyl (C=O) groups excluding carboxylic acids is 11. The minimum absolute atomic E-state index is 0.104. The zero-order chi connectivity index (χ0) is 61.9. The van der Waals surface area contributed by atoms with Gasteiger partial charge in [-0.15, -0.1) is 0 Å². The zero-order valence-corrected chi connectivity index (χ0v) is 50.8. The van der Waals surface area contributed by atoms with Crippen molar-refractivity contribution in [2.45, 2.75) is 235 Å². The van der Waals surface area contributed by atoms with Gasteiger partial charge in [-0.05, 0) is 115 Å². The van der Waals surface area contributed by atoms with Gasteiger partial charge in [-0.2, -0.15) is 0 Å². The molecule has 2 fully saturated rings. The van der Waals surface area contributed by atoms with Crippen LogP contribution in [0, 0.1) is 35.5 Å². The lowest BCUT2D eigenvalue weighted by Gasteiger charge is -2.32. The zero-order valence-electron chi connectivity index (χ0n) is 50.8. The van der Waals surface area contributed by atoms with Crippen LogP contribution in [0.2, 0.25) is 0 Å². The van der Waals surface area contributed by atoms with Gasteiger partial charge in [0.2, 0.25) is 65.0 Å². The minimum atomic E-state index is -1.19. The molecule has 12 N–H and O–H groups in total. The summed E-state index contributed by atoms with van der Waals surface area (Å²) < 4.78 is 0. The van der Waals surface area contributed by atoms with Crippen molar-refractivity contribution in [3.05, 3.63) is 0 Å². The molecule has 12 atom stereocenters. The van der Waals surface area contributed by atoms with Gasteiger partial charge in [-0.25, -0.2) is 4.79 Å². The van der Waals surface area contributed by atoms with E-state index >= 15 is 0 Å². The maximum absolute atomic E-state index is 14.6. The van der Waals surface area contributed by atoms with Crippen LogP contribution in [-0.2, 0) is 57.5 Å². The van der Waals surface area contributed by atoms with Crippen molar-refractivity contribution < 1.29 is 62.6 Å². The molecular formula is C56H98N12O13. The van der Waals surface area contributed by atoms with Gasteiger partial charge >= 0.3 is 5.97 Å². The Hall–Kier alpha value is -6.40. The smallest absolute Gasteiger partial charge is 0.326 e. The van der Waals surface area contributed by atoms with Crippen LogP contribution < -0.4 is 53.6 Å². The van der Waals surface area contributed by atoms with Crippen molar-refractivity contribution in [2.24, 2.45) is 41.2 Å². The monoisotopic (exact) mass is 1150 g/mol. The number of nitrogens with one attached hydrogen (secondary N) is 9. The van der Waals surface area contributed by atoms with Crippen LogP contribution in [0.5, 0.6) is 0 Å². The highest BCUT2D eigenvalue weighted by Crippen LogP contribution is 2.23. The summed E-state index contributed by atoms with van der Waals surface area (Å²) in [5, 5.41) is 33.8. The van der Waals surface area contributed by atoms with E-state index in [-0.39, 0.29) is 68.9 Å². The quantitative estimate of drug-likeness (QED) is 0.0446. The minimum Gasteiger partial charge on any atom is -0.480 e. The van der Waals surface area contributed by atoms with Gasteiger partial charge in [0.15, 0.2) is 0 Å². The van der Waals surface area contributed by atoms with E-state index in [4.69, 9.17) is 5.73 Å². The van der Waals surface area contributed by atoms with Crippen molar-refractivity contribution in [1.29, 1.82) is 0 Å². The highest BCUT2D eigenvalue weighted by atomic mass is 16.4. The number of aliphatic carboxylic acids is 1. The Labute approximate surface area is 478 Å². The Balaban J connectivity index is 2.27. The number of carboxylic acids is 1. The first-order valence-electron chi connectivity index (χ1n) is 28.9. The van der Waals surface area contributed by atoms with Crippen molar-refractivity contribution in [3.8, 4) is 0 Å². The highest BCUT2D eigenvalue weighted by Gasteiger charge is 2.42. The van der Waals surface area contributed by atoms with E-state index in [1.165, 1.54) is 37.5 Å². The molecule has 460 valence electrons. The molecule has 0 radical (unpaired) electrons. The molecule has 0 bridgehead atoms. The van der Waals surface area contributed by atoms with Gasteiger partial charge in [0.25, 0.3) is 0 Å². The molecule has 2 aliphatic rings. The summed E-state index contributed by atoms with van der Waals surface area (Å²) in [5.41, 5.74) is 5.63. The number of nitrogens with two attached hydrogens (primary N) is 1. The largest absolute Gasteiger partial charge is 0.480 e. The summed E-state index contributed by atoms with van der Waals surface area (Å²) in [6, 6.07) is -13.1. The number of likely N-dealkylation sites (tertiary alicyclic amines) is 2. The maximum Gasteiger partial charge on any atom is 0.326 e. The van der Waals surface area contributed by atoms with Gasteiger partial charge in [-0.3, -0.25) is 52.7 Å². The summed E-state index contributed by atoms with van der Waals surface area (Å²) in [6.07, 6.45) is 2.11. The number of hydrogen-bond acceptors (Lipinski definition) is 13. The van der Waals surface area contributed by atoms with Crippen LogP contribution in [0.25, 0.3) is 0 Å². The van der Waals surface area contributed by atoms with Gasteiger partial charge < -0.3 is 68.5 Å². The van der Waals surface area contributed by atoms with Gasteiger partial charge in [-0.1, -0.05) is 83.1 Å². The average molecular weight is 1150 g/mol. The van der Waals surface area contributed by atoms with Crippen LogP contribution in [0.3, 0.4) is 0 Å². The third-order valence-electron chi connectivity index (χ3n) is 14.1. The Morgan fingerprint density at radius 1 is 0.395 bits per heavy atom. The molecule has 0 spiro atoms. The van der Waals surface area contributed by atoms with E-state index in [0.717, 1.165) is 0 Å². The lowest BCUT2D eigenvalue weighted by atomic mass is 9.97. The molecule has 2 rings (SSSR count). The van der Waals surface area contributed by atoms with Gasteiger partial charge in [0.05, 0.1) is 6.04 Å². The van der Waals surface area contributed by atoms with Crippen molar-refractivity contribution in [2.75, 3.05) is 13.1 Å². The fourth-order valence-corrected chi connectivity index (χ4v) is 9.70. The van der Waals surface area contributed by atoms with Crippen molar-refractivity contribution in [3.63, 3.8) is 0 Å². The van der Waals surface area contributed by atoms with E-state index in [0.29, 0.717) is 19.3 Å². The molecule has 25 nitrogen and oxygen atoms in total. The Kier molecular flexibility index (Phi) is 28.7. The average Bonchev–Trinajstić information content (AvgIpc) is 4.10. The van der Waals surface area contributed by atoms with Crippen LogP contribution in [-0.4, -0.2) is 171 Å². The molecular weight excluding hydrogens is 1050 g/mol. The number of hydrogen-bond donors (Lipinski definition) is 11. The second-order valence-electron chi connectivity index (χ2n) is 24.4. The third-order valence-corrected chi connectivity index (χ3v) is 14.1. The van der Waals surface area contributed by atoms with Crippen LogP contribution in [0.4, 0.5) is 0 Å². The van der Waals surface area contributed by atoms with Gasteiger partial charge in [0.1, 0.15) is 66.5 Å². The molecule has 2 saturated heterocycles. The fourth-order valence-electron chi connectivity index (χ4n) is 9.70. The second-order valence-corrected chi connectivity index (χ2v) is 24.4. The summed E-state index contributed by atoms with van der Waals surface area (Å²) in [5.74, 6) is -9.60. The predicted octanol–water partition coefficient (Wildman–Crippen LogP) is 0.319. The van der Waals surface area contributed by atoms with Crippen LogP contribution in [0.15, 0.2) is 0 Å². The van der Waals surface area contributed by atoms with E-state index < -0.39 is 155 Å². The highest BCUT2D eigenvalue weighted by molar-refractivity contribution is 5.99. The van der Waals surface area contributed by atoms with E-state index in [9.17, 15) is 62.6 Å². The number of rotatable bonds is 31. The first-order chi connectivity index (χ1) is 37.6. The summed E-state index contributed by atoms with van der Waals surface area (Å²) in [4.78, 5) is 165. The lowest BCUT2D eigenvalue weighted by Crippen LogP contribution is -2.61. The van der Waals surface area contributed by atoms with Crippen molar-refractivity contribution >= 4 is 70.9 Å². The summed E-state index contributed by atoms with van der Waals surface area (Å²) >= 11 is 0. The lowest BCUT2D eigenvalue weighted by molar-refractivity contribution is -0.149. The molecule has 0 unspecified atom stereocenters. The third kappa shape index (κ3) is 22.5. The molecule has 81 heavy (non-hydrogen) atoms. The topological polar surface area (TPSA) is 366 Å². The molecule has 0 aromatic heterocycles. The van der Waals surface area contributed by atoms with E-state index in [2.05, 4.69) is 47.9 Å². The number of nitrogens with zero attached hydrogens (tertiary/aromatic N) is 2.